The molecule has 254 valence electrons. The molecular weight excluding hydrogens is 617 g/mol. The lowest BCUT2D eigenvalue weighted by atomic mass is 9.80. The molecule has 0 aliphatic rings. The van der Waals surface area contributed by atoms with Gasteiger partial charge in [-0.3, -0.25) is 0 Å². The van der Waals surface area contributed by atoms with Crippen molar-refractivity contribution in [2.24, 2.45) is 0 Å². The Bertz CT molecular complexity index is 1330. The highest BCUT2D eigenvalue weighted by Crippen LogP contribution is 2.46. The quantitative estimate of drug-likeness (QED) is 0.0738. The molecule has 0 radical (unpaired) electrons. The van der Waals surface area contributed by atoms with Gasteiger partial charge in [0.25, 0.3) is 8.53 Å². The number of carbonyl (C=O) groups is 1. The number of nitrogens with zero attached hydrogens (tertiary/aromatic N) is 3. The fourth-order valence-corrected chi connectivity index (χ4v) is 6.93. The standard InChI is InChI=1S/C36H48N3O7P/c1-28(2)39(29(3)4)47(45-25-11-22-37)46-27-24-38(35(40)43-7)23-26-44-36(30-12-9-8-10-13-30,31-14-18-33(41-5)19-15-31)32-16-20-34(42-6)21-17-32/h8-10,12-21,28-29H,11,23-27H2,1-7H3. The van der Waals surface area contributed by atoms with Crippen LogP contribution in [0.25, 0.3) is 0 Å². The van der Waals surface area contributed by atoms with Gasteiger partial charge < -0.3 is 32.9 Å². The molecule has 1 atom stereocenters. The zero-order chi connectivity index (χ0) is 34.2. The predicted molar refractivity (Wildman–Crippen MR) is 183 cm³/mol. The predicted octanol–water partition coefficient (Wildman–Crippen LogP) is 7.37. The Morgan fingerprint density at radius 2 is 1.23 bits per heavy atom. The van der Waals surface area contributed by atoms with Crippen molar-refractivity contribution in [3.63, 3.8) is 0 Å². The van der Waals surface area contributed by atoms with Crippen LogP contribution in [0.5, 0.6) is 11.5 Å². The van der Waals surface area contributed by atoms with E-state index in [9.17, 15) is 4.79 Å². The molecule has 1 unspecified atom stereocenters. The second-order valence-corrected chi connectivity index (χ2v) is 12.6. The highest BCUT2D eigenvalue weighted by molar-refractivity contribution is 7.44. The smallest absolute Gasteiger partial charge is 0.409 e. The molecule has 0 aliphatic carbocycles. The van der Waals surface area contributed by atoms with Gasteiger partial charge in [0, 0.05) is 25.2 Å². The van der Waals surface area contributed by atoms with Gasteiger partial charge in [-0.1, -0.05) is 54.6 Å². The van der Waals surface area contributed by atoms with Crippen molar-refractivity contribution < 1.29 is 32.8 Å². The number of rotatable bonds is 19. The second kappa shape index (κ2) is 19.2. The summed E-state index contributed by atoms with van der Waals surface area (Å²) in [6.45, 7) is 9.47. The van der Waals surface area contributed by atoms with E-state index in [1.807, 2.05) is 78.9 Å². The highest BCUT2D eigenvalue weighted by Gasteiger charge is 2.38. The number of hydrogen-bond donors (Lipinski definition) is 0. The molecule has 11 heteroatoms. The van der Waals surface area contributed by atoms with E-state index in [2.05, 4.69) is 38.4 Å². The van der Waals surface area contributed by atoms with E-state index in [1.54, 1.807) is 19.1 Å². The third-order valence-electron chi connectivity index (χ3n) is 7.51. The normalized spacial score (nSPS) is 12.2. The van der Waals surface area contributed by atoms with E-state index >= 15 is 0 Å². The molecule has 0 heterocycles. The zero-order valence-corrected chi connectivity index (χ0v) is 29.4. The molecule has 0 aliphatic heterocycles. The number of ether oxygens (including phenoxy) is 4. The molecule has 3 aromatic rings. The molecule has 3 aromatic carbocycles. The molecule has 0 fully saturated rings. The third kappa shape index (κ3) is 10.1. The summed E-state index contributed by atoms with van der Waals surface area (Å²) >= 11 is 0. The molecular formula is C36H48N3O7P. The van der Waals surface area contributed by atoms with Crippen LogP contribution in [0.3, 0.4) is 0 Å². The monoisotopic (exact) mass is 665 g/mol. The van der Waals surface area contributed by atoms with Gasteiger partial charge in [0.05, 0.1) is 53.6 Å². The SMILES string of the molecule is COC(=O)N(CCOP(OCCC#N)N(C(C)C)C(C)C)CCOC(c1ccccc1)(c1ccc(OC)cc1)c1ccc(OC)cc1. The van der Waals surface area contributed by atoms with Crippen molar-refractivity contribution >= 4 is 14.6 Å². The van der Waals surface area contributed by atoms with E-state index in [0.717, 1.165) is 28.2 Å². The Balaban J connectivity index is 1.89. The Kier molecular flexibility index (Phi) is 15.4. The molecule has 10 nitrogen and oxygen atoms in total. The maximum absolute atomic E-state index is 12.9. The Morgan fingerprint density at radius 1 is 0.745 bits per heavy atom. The summed E-state index contributed by atoms with van der Waals surface area (Å²) in [5, 5.41) is 9.02. The van der Waals surface area contributed by atoms with Gasteiger partial charge in [-0.25, -0.2) is 9.46 Å². The summed E-state index contributed by atoms with van der Waals surface area (Å²) in [7, 11) is 3.18. The molecule has 0 saturated carbocycles. The Labute approximate surface area is 281 Å². The van der Waals surface area contributed by atoms with Crippen molar-refractivity contribution in [2.45, 2.75) is 51.8 Å². The highest BCUT2D eigenvalue weighted by atomic mass is 31.2. The maximum Gasteiger partial charge on any atom is 0.409 e. The summed E-state index contributed by atoms with van der Waals surface area (Å²) in [5.41, 5.74) is 1.69. The summed E-state index contributed by atoms with van der Waals surface area (Å²) in [5.74, 6) is 1.46. The summed E-state index contributed by atoms with van der Waals surface area (Å²) < 4.78 is 37.4. The first-order valence-electron chi connectivity index (χ1n) is 15.7. The zero-order valence-electron chi connectivity index (χ0n) is 28.5. The number of carbonyl (C=O) groups excluding carboxylic acids is 1. The van der Waals surface area contributed by atoms with Crippen molar-refractivity contribution in [1.82, 2.24) is 9.57 Å². The minimum Gasteiger partial charge on any atom is -0.497 e. The van der Waals surface area contributed by atoms with Crippen LogP contribution in [-0.2, 0) is 24.1 Å². The van der Waals surface area contributed by atoms with Crippen LogP contribution < -0.4 is 9.47 Å². The summed E-state index contributed by atoms with van der Waals surface area (Å²) in [6, 6.07) is 28.0. The van der Waals surface area contributed by atoms with Gasteiger partial charge in [-0.05, 0) is 68.7 Å². The van der Waals surface area contributed by atoms with Gasteiger partial charge in [0.15, 0.2) is 0 Å². The second-order valence-electron chi connectivity index (χ2n) is 11.2. The molecule has 0 N–H and O–H groups in total. The lowest BCUT2D eigenvalue weighted by molar-refractivity contribution is -0.0000702. The lowest BCUT2D eigenvalue weighted by Gasteiger charge is -2.37. The molecule has 47 heavy (non-hydrogen) atoms. The van der Waals surface area contributed by atoms with Crippen molar-refractivity contribution in [1.29, 1.82) is 5.26 Å². The van der Waals surface area contributed by atoms with E-state index in [1.165, 1.54) is 7.11 Å². The van der Waals surface area contributed by atoms with E-state index in [4.69, 9.17) is 33.3 Å². The van der Waals surface area contributed by atoms with Gasteiger partial charge in [-0.2, -0.15) is 5.26 Å². The number of hydrogen-bond acceptors (Lipinski definition) is 9. The van der Waals surface area contributed by atoms with Crippen LogP contribution in [0.15, 0.2) is 78.9 Å². The third-order valence-corrected chi connectivity index (χ3v) is 9.62. The fraction of sp³-hybridized carbons (Fsp3) is 0.444. The van der Waals surface area contributed by atoms with Crippen LogP contribution in [0, 0.1) is 11.3 Å². The molecule has 0 saturated heterocycles. The molecule has 1 amide bonds. The van der Waals surface area contributed by atoms with Crippen LogP contribution in [0.4, 0.5) is 4.79 Å². The van der Waals surface area contributed by atoms with Gasteiger partial charge in [0.2, 0.25) is 0 Å². The van der Waals surface area contributed by atoms with Crippen LogP contribution in [-0.4, -0.2) is 82.0 Å². The Hall–Kier alpha value is -3.71. The average Bonchev–Trinajstić information content (AvgIpc) is 3.09. The van der Waals surface area contributed by atoms with Gasteiger partial charge in [-0.15, -0.1) is 0 Å². The first-order chi connectivity index (χ1) is 22.7. The number of benzene rings is 3. The van der Waals surface area contributed by atoms with Crippen LogP contribution in [0.2, 0.25) is 0 Å². The Morgan fingerprint density at radius 3 is 1.70 bits per heavy atom. The molecule has 3 rings (SSSR count). The first-order valence-corrected chi connectivity index (χ1v) is 16.9. The maximum atomic E-state index is 12.9. The fourth-order valence-electron chi connectivity index (χ4n) is 5.35. The molecule has 0 aromatic heterocycles. The molecule has 0 bridgehead atoms. The topological polar surface area (TPSA) is 103 Å². The number of methoxy groups -OCH3 is 3. The minimum absolute atomic E-state index is 0.162. The average molecular weight is 666 g/mol. The number of nitriles is 1. The number of amides is 1. The summed E-state index contributed by atoms with van der Waals surface area (Å²) in [4.78, 5) is 14.5. The van der Waals surface area contributed by atoms with E-state index in [0.29, 0.717) is 0 Å². The minimum atomic E-state index is -1.45. The van der Waals surface area contributed by atoms with E-state index in [-0.39, 0.29) is 51.4 Å². The largest absolute Gasteiger partial charge is 0.497 e. The van der Waals surface area contributed by atoms with Gasteiger partial charge >= 0.3 is 6.09 Å². The first kappa shape index (κ1) is 37.7. The summed E-state index contributed by atoms with van der Waals surface area (Å²) in [6.07, 6.45) is -0.223. The van der Waals surface area contributed by atoms with Crippen molar-refractivity contribution in [2.75, 3.05) is 54.2 Å². The van der Waals surface area contributed by atoms with Crippen molar-refractivity contribution in [3.8, 4) is 17.6 Å². The van der Waals surface area contributed by atoms with Crippen LogP contribution in [0.1, 0.15) is 50.8 Å². The van der Waals surface area contributed by atoms with Gasteiger partial charge in [0.1, 0.15) is 17.1 Å². The van der Waals surface area contributed by atoms with E-state index < -0.39 is 20.2 Å². The molecule has 0 spiro atoms. The lowest BCUT2D eigenvalue weighted by Crippen LogP contribution is -2.40. The van der Waals surface area contributed by atoms with Crippen molar-refractivity contribution in [3.05, 3.63) is 95.6 Å². The van der Waals surface area contributed by atoms with Crippen LogP contribution >= 0.6 is 8.53 Å².